The van der Waals surface area contributed by atoms with Crippen molar-refractivity contribution in [3.63, 3.8) is 0 Å². The first kappa shape index (κ1) is 14.7. The van der Waals surface area contributed by atoms with Gasteiger partial charge in [-0.1, -0.05) is 15.9 Å². The van der Waals surface area contributed by atoms with E-state index in [0.29, 0.717) is 17.9 Å². The molecule has 0 aliphatic carbocycles. The molecule has 0 heterocycles. The van der Waals surface area contributed by atoms with Crippen LogP contribution in [0.4, 0.5) is 0 Å². The zero-order valence-corrected chi connectivity index (χ0v) is 12.7. The van der Waals surface area contributed by atoms with Gasteiger partial charge in [0, 0.05) is 18.2 Å². The van der Waals surface area contributed by atoms with E-state index in [2.05, 4.69) is 15.9 Å². The lowest BCUT2D eigenvalue weighted by Crippen LogP contribution is -2.09. The van der Waals surface area contributed by atoms with Gasteiger partial charge in [-0.05, 0) is 43.5 Å². The summed E-state index contributed by atoms with van der Waals surface area (Å²) in [6.07, 6.45) is 0.521. The maximum atomic E-state index is 12.1. The van der Waals surface area contributed by atoms with E-state index >= 15 is 0 Å². The van der Waals surface area contributed by atoms with Crippen molar-refractivity contribution in [3.8, 4) is 0 Å². The molecule has 5 heteroatoms. The van der Waals surface area contributed by atoms with Crippen LogP contribution < -0.4 is 0 Å². The van der Waals surface area contributed by atoms with Crippen LogP contribution in [-0.4, -0.2) is 27.9 Å². The maximum Gasteiger partial charge on any atom is 0.178 e. The highest BCUT2D eigenvalue weighted by Crippen LogP contribution is 2.25. The van der Waals surface area contributed by atoms with E-state index in [9.17, 15) is 8.42 Å². The van der Waals surface area contributed by atoms with Gasteiger partial charge in [-0.3, -0.25) is 0 Å². The second-order valence-electron chi connectivity index (χ2n) is 4.04. The highest BCUT2D eigenvalue weighted by molar-refractivity contribution is 9.10. The number of aryl methyl sites for hydroxylation is 2. The molecule has 0 radical (unpaired) electrons. The van der Waals surface area contributed by atoms with Crippen LogP contribution in [0, 0.1) is 13.8 Å². The molecule has 1 aromatic rings. The minimum atomic E-state index is -3.20. The molecule has 17 heavy (non-hydrogen) atoms. The monoisotopic (exact) mass is 320 g/mol. The molecule has 1 aromatic carbocycles. The fourth-order valence-corrected chi connectivity index (χ4v) is 3.27. The average Bonchev–Trinajstić information content (AvgIpc) is 2.25. The molecule has 96 valence electrons. The Morgan fingerprint density at radius 1 is 1.24 bits per heavy atom. The molecule has 0 amide bonds. The summed E-state index contributed by atoms with van der Waals surface area (Å²) in [5.74, 6) is 0.126. The van der Waals surface area contributed by atoms with E-state index in [0.717, 1.165) is 15.6 Å². The first-order chi connectivity index (χ1) is 7.88. The van der Waals surface area contributed by atoms with Gasteiger partial charge in [-0.2, -0.15) is 0 Å². The number of hydrogen-bond acceptors (Lipinski definition) is 3. The van der Waals surface area contributed by atoms with Gasteiger partial charge in [0.25, 0.3) is 0 Å². The predicted molar refractivity (Wildman–Crippen MR) is 72.2 cm³/mol. The van der Waals surface area contributed by atoms with Crippen molar-refractivity contribution in [3.05, 3.63) is 27.7 Å². The number of benzene rings is 1. The summed E-state index contributed by atoms with van der Waals surface area (Å²) in [7, 11) is -1.63. The fourth-order valence-electron chi connectivity index (χ4n) is 1.60. The molecule has 0 unspecified atom stereocenters. The maximum absolute atomic E-state index is 12.1. The minimum Gasteiger partial charge on any atom is -0.385 e. The Hall–Kier alpha value is -0.390. The number of halogens is 1. The second-order valence-corrected chi connectivity index (χ2v) is 6.94. The van der Waals surface area contributed by atoms with Crippen molar-refractivity contribution in [2.75, 3.05) is 19.5 Å². The van der Waals surface area contributed by atoms with E-state index in [4.69, 9.17) is 4.74 Å². The number of sulfone groups is 1. The van der Waals surface area contributed by atoms with Crippen molar-refractivity contribution >= 4 is 25.8 Å². The van der Waals surface area contributed by atoms with Gasteiger partial charge in [-0.25, -0.2) is 8.42 Å². The van der Waals surface area contributed by atoms with Crippen LogP contribution in [0.15, 0.2) is 21.5 Å². The first-order valence-electron chi connectivity index (χ1n) is 5.37. The van der Waals surface area contributed by atoms with E-state index in [1.807, 2.05) is 13.8 Å². The number of methoxy groups -OCH3 is 1. The van der Waals surface area contributed by atoms with Crippen molar-refractivity contribution in [1.82, 2.24) is 0 Å². The Kier molecular flexibility index (Phi) is 5.16. The summed E-state index contributed by atoms with van der Waals surface area (Å²) in [5.41, 5.74) is 1.88. The molecular formula is C12H17BrO3S. The van der Waals surface area contributed by atoms with Crippen LogP contribution in [0.1, 0.15) is 17.5 Å². The van der Waals surface area contributed by atoms with E-state index in [1.54, 1.807) is 19.2 Å². The molecule has 0 aliphatic heterocycles. The average molecular weight is 321 g/mol. The lowest BCUT2D eigenvalue weighted by molar-refractivity contribution is 0.199. The van der Waals surface area contributed by atoms with Gasteiger partial charge in [0.15, 0.2) is 9.84 Å². The zero-order valence-electron chi connectivity index (χ0n) is 10.3. The van der Waals surface area contributed by atoms with Gasteiger partial charge in [0.05, 0.1) is 10.6 Å². The van der Waals surface area contributed by atoms with E-state index < -0.39 is 9.84 Å². The third-order valence-electron chi connectivity index (χ3n) is 2.53. The predicted octanol–water partition coefficient (Wildman–Crippen LogP) is 2.88. The molecule has 0 saturated carbocycles. The molecule has 0 saturated heterocycles. The number of ether oxygens (including phenoxy) is 1. The third kappa shape index (κ3) is 3.79. The quantitative estimate of drug-likeness (QED) is 0.783. The number of hydrogen-bond donors (Lipinski definition) is 0. The van der Waals surface area contributed by atoms with Gasteiger partial charge in [0.1, 0.15) is 0 Å². The summed E-state index contributed by atoms with van der Waals surface area (Å²) < 4.78 is 29.9. The number of rotatable bonds is 5. The van der Waals surface area contributed by atoms with Crippen LogP contribution in [0.2, 0.25) is 0 Å². The van der Waals surface area contributed by atoms with Crippen LogP contribution in [0.5, 0.6) is 0 Å². The standard InChI is InChI=1S/C12H17BrO3S/c1-9-7-11(8-10(2)12(9)13)17(14,15)6-4-5-16-3/h7-8H,4-6H2,1-3H3. The summed E-state index contributed by atoms with van der Waals surface area (Å²) in [4.78, 5) is 0.395. The topological polar surface area (TPSA) is 43.4 Å². The molecule has 0 atom stereocenters. The molecule has 0 N–H and O–H groups in total. The molecule has 0 spiro atoms. The molecule has 0 aromatic heterocycles. The van der Waals surface area contributed by atoms with Crippen molar-refractivity contribution in [1.29, 1.82) is 0 Å². The fraction of sp³-hybridized carbons (Fsp3) is 0.500. The Bertz CT molecular complexity index is 471. The van der Waals surface area contributed by atoms with Gasteiger partial charge >= 0.3 is 0 Å². The highest BCUT2D eigenvalue weighted by atomic mass is 79.9. The Labute approximate surface area is 111 Å². The second kappa shape index (κ2) is 5.98. The third-order valence-corrected chi connectivity index (χ3v) is 5.56. The van der Waals surface area contributed by atoms with Crippen LogP contribution in [0.25, 0.3) is 0 Å². The Morgan fingerprint density at radius 3 is 2.24 bits per heavy atom. The normalized spacial score (nSPS) is 11.8. The molecular weight excluding hydrogens is 304 g/mol. The largest absolute Gasteiger partial charge is 0.385 e. The smallest absolute Gasteiger partial charge is 0.178 e. The van der Waals surface area contributed by atoms with Crippen LogP contribution in [-0.2, 0) is 14.6 Å². The lowest BCUT2D eigenvalue weighted by Gasteiger charge is -2.09. The summed E-state index contributed by atoms with van der Waals surface area (Å²) in [6, 6.07) is 3.42. The lowest BCUT2D eigenvalue weighted by atomic mass is 10.2. The summed E-state index contributed by atoms with van der Waals surface area (Å²) in [5, 5.41) is 0. The van der Waals surface area contributed by atoms with E-state index in [1.165, 1.54) is 0 Å². The molecule has 0 bridgehead atoms. The molecule has 1 rings (SSSR count). The first-order valence-corrected chi connectivity index (χ1v) is 7.81. The summed E-state index contributed by atoms with van der Waals surface area (Å²) in [6.45, 7) is 4.25. The minimum absolute atomic E-state index is 0.126. The molecule has 0 aliphatic rings. The van der Waals surface area contributed by atoms with Crippen molar-refractivity contribution in [2.24, 2.45) is 0 Å². The summed E-state index contributed by atoms with van der Waals surface area (Å²) >= 11 is 3.43. The van der Waals surface area contributed by atoms with E-state index in [-0.39, 0.29) is 5.75 Å². The van der Waals surface area contributed by atoms with Crippen molar-refractivity contribution < 1.29 is 13.2 Å². The Balaban J connectivity index is 2.99. The van der Waals surface area contributed by atoms with Crippen molar-refractivity contribution in [2.45, 2.75) is 25.2 Å². The molecule has 3 nitrogen and oxygen atoms in total. The van der Waals surface area contributed by atoms with Crippen LogP contribution >= 0.6 is 15.9 Å². The zero-order chi connectivity index (χ0) is 13.1. The molecule has 0 fully saturated rings. The van der Waals surface area contributed by atoms with Gasteiger partial charge in [-0.15, -0.1) is 0 Å². The van der Waals surface area contributed by atoms with Gasteiger partial charge < -0.3 is 4.74 Å². The highest BCUT2D eigenvalue weighted by Gasteiger charge is 2.16. The van der Waals surface area contributed by atoms with Gasteiger partial charge in [0.2, 0.25) is 0 Å². The van der Waals surface area contributed by atoms with Crippen LogP contribution in [0.3, 0.4) is 0 Å². The SMILES string of the molecule is COCCCS(=O)(=O)c1cc(C)c(Br)c(C)c1. The Morgan fingerprint density at radius 2 is 1.76 bits per heavy atom.